The van der Waals surface area contributed by atoms with Crippen molar-refractivity contribution >= 4 is 22.8 Å². The Balaban J connectivity index is 1.90. The molecule has 28 heavy (non-hydrogen) atoms. The van der Waals surface area contributed by atoms with Gasteiger partial charge in [-0.25, -0.2) is 9.78 Å². The number of aliphatic carboxylic acids is 1. The van der Waals surface area contributed by atoms with Crippen LogP contribution in [0.2, 0.25) is 0 Å². The third kappa shape index (κ3) is 4.21. The number of carboxylic acid groups (broad SMARTS) is 1. The summed E-state index contributed by atoms with van der Waals surface area (Å²) in [5.74, 6) is 1.70. The minimum Gasteiger partial charge on any atom is -0.490 e. The fraction of sp³-hybridized carbons (Fsp3) is 0.550. The van der Waals surface area contributed by atoms with Gasteiger partial charge in [-0.3, -0.25) is 5.41 Å². The maximum Gasteiger partial charge on any atom is 0.341 e. The Morgan fingerprint density at radius 2 is 2.11 bits per heavy atom. The third-order valence-electron chi connectivity index (χ3n) is 5.05. The molecule has 3 N–H and O–H groups in total. The number of piperidine rings is 1. The molecule has 0 bridgehead atoms. The van der Waals surface area contributed by atoms with E-state index in [-0.39, 0.29) is 12.0 Å². The number of aromatic amines is 1. The molecule has 0 saturated carbocycles. The van der Waals surface area contributed by atoms with Gasteiger partial charge in [0.25, 0.3) is 0 Å². The molecule has 1 aliphatic heterocycles. The monoisotopic (exact) mass is 388 g/mol. The number of hydrogen-bond acceptors (Lipinski definition) is 5. The summed E-state index contributed by atoms with van der Waals surface area (Å²) in [6.45, 7) is 8.91. The van der Waals surface area contributed by atoms with E-state index in [1.807, 2.05) is 31.7 Å². The summed E-state index contributed by atoms with van der Waals surface area (Å²) >= 11 is 0. The molecule has 0 atom stereocenters. The Bertz CT molecular complexity index is 882. The van der Waals surface area contributed by atoms with Crippen LogP contribution in [0, 0.1) is 12.3 Å². The van der Waals surface area contributed by atoms with Gasteiger partial charge in [-0.05, 0) is 13.8 Å². The second-order valence-corrected chi connectivity index (χ2v) is 7.57. The molecule has 1 aliphatic rings. The van der Waals surface area contributed by atoms with Gasteiger partial charge in [0, 0.05) is 43.5 Å². The molecule has 0 unspecified atom stereocenters. The first-order valence-corrected chi connectivity index (χ1v) is 9.60. The zero-order valence-corrected chi connectivity index (χ0v) is 16.8. The average molecular weight is 388 g/mol. The van der Waals surface area contributed by atoms with Crippen LogP contribution in [-0.4, -0.2) is 57.6 Å². The van der Waals surface area contributed by atoms with Crippen molar-refractivity contribution in [1.29, 1.82) is 5.41 Å². The number of ether oxygens (including phenoxy) is 2. The summed E-state index contributed by atoms with van der Waals surface area (Å²) in [6, 6.07) is 1.92. The lowest BCUT2D eigenvalue weighted by Crippen LogP contribution is -2.40. The van der Waals surface area contributed by atoms with E-state index >= 15 is 0 Å². The predicted molar refractivity (Wildman–Crippen MR) is 107 cm³/mol. The second kappa shape index (κ2) is 8.08. The third-order valence-corrected chi connectivity index (χ3v) is 5.05. The predicted octanol–water partition coefficient (Wildman–Crippen LogP) is 3.30. The van der Waals surface area contributed by atoms with Gasteiger partial charge in [0.15, 0.2) is 12.4 Å². The van der Waals surface area contributed by atoms with E-state index in [1.165, 1.54) is 0 Å². The summed E-state index contributed by atoms with van der Waals surface area (Å²) < 4.78 is 11.9. The molecule has 0 amide bonds. The number of aromatic nitrogens is 2. The number of nitrogens with zero attached hydrogens (tertiary/aromatic N) is 2. The number of rotatable bonds is 6. The van der Waals surface area contributed by atoms with Crippen LogP contribution in [0.5, 0.6) is 11.5 Å². The van der Waals surface area contributed by atoms with Gasteiger partial charge in [0.05, 0.1) is 11.4 Å². The normalized spacial score (nSPS) is 15.2. The topological polar surface area (TPSA) is 112 Å². The Kier molecular flexibility index (Phi) is 5.76. The van der Waals surface area contributed by atoms with Crippen LogP contribution in [-0.2, 0) is 4.79 Å². The van der Waals surface area contributed by atoms with Gasteiger partial charge >= 0.3 is 5.97 Å². The number of nitrogens with one attached hydrogen (secondary N) is 2. The first-order valence-electron chi connectivity index (χ1n) is 9.60. The Morgan fingerprint density at radius 3 is 2.68 bits per heavy atom. The van der Waals surface area contributed by atoms with Crippen molar-refractivity contribution in [3.05, 3.63) is 17.5 Å². The fourth-order valence-electron chi connectivity index (χ4n) is 3.41. The molecule has 3 rings (SSSR count). The summed E-state index contributed by atoms with van der Waals surface area (Å²) in [7, 11) is 0. The molecule has 8 nitrogen and oxygen atoms in total. The first-order chi connectivity index (χ1) is 13.3. The van der Waals surface area contributed by atoms with Crippen molar-refractivity contribution < 1.29 is 19.4 Å². The van der Waals surface area contributed by atoms with Gasteiger partial charge in [-0.1, -0.05) is 13.8 Å². The summed E-state index contributed by atoms with van der Waals surface area (Å²) in [4.78, 5) is 21.0. The van der Waals surface area contributed by atoms with Crippen LogP contribution in [0.4, 0.5) is 0 Å². The second-order valence-electron chi connectivity index (χ2n) is 7.57. The van der Waals surface area contributed by atoms with Gasteiger partial charge in [-0.15, -0.1) is 0 Å². The van der Waals surface area contributed by atoms with Gasteiger partial charge in [-0.2, -0.15) is 0 Å². The lowest BCUT2D eigenvalue weighted by atomic mass is 10.1. The molecular formula is C20H28N4O4. The average Bonchev–Trinajstić information content (AvgIpc) is 3.06. The highest BCUT2D eigenvalue weighted by molar-refractivity contribution is 5.86. The molecule has 8 heteroatoms. The quantitative estimate of drug-likeness (QED) is 0.517. The van der Waals surface area contributed by atoms with Crippen molar-refractivity contribution in [2.45, 2.75) is 52.6 Å². The summed E-state index contributed by atoms with van der Waals surface area (Å²) in [5, 5.41) is 16.8. The molecule has 0 aliphatic carbocycles. The van der Waals surface area contributed by atoms with E-state index in [0.717, 1.165) is 42.8 Å². The SMILES string of the molecule is CC(=N)N1CCC(Oc2cc3[nH]c(C(C)C)nc3c(OCC(=O)O)c2C)CC1. The van der Waals surface area contributed by atoms with Crippen LogP contribution in [0.1, 0.15) is 50.9 Å². The van der Waals surface area contributed by atoms with E-state index in [0.29, 0.717) is 22.9 Å². The van der Waals surface area contributed by atoms with E-state index in [2.05, 4.69) is 9.97 Å². The molecule has 152 valence electrons. The molecule has 2 aromatic rings. The van der Waals surface area contributed by atoms with Crippen molar-refractivity contribution in [3.63, 3.8) is 0 Å². The lowest BCUT2D eigenvalue weighted by Gasteiger charge is -2.33. The minimum absolute atomic E-state index is 0.0477. The standard InChI is InChI=1S/C20H28N4O4/c1-11(2)20-22-15-9-16(28-14-5-7-24(8-6-14)13(4)21)12(3)19(18(15)23-20)27-10-17(25)26/h9,11,14,21H,5-8,10H2,1-4H3,(H,22,23)(H,25,26). The van der Waals surface area contributed by atoms with Gasteiger partial charge in [0.2, 0.25) is 0 Å². The van der Waals surface area contributed by atoms with Crippen molar-refractivity contribution in [2.75, 3.05) is 19.7 Å². The molecule has 1 saturated heterocycles. The summed E-state index contributed by atoms with van der Waals surface area (Å²) in [5.41, 5.74) is 2.16. The number of carbonyl (C=O) groups is 1. The van der Waals surface area contributed by atoms with Crippen molar-refractivity contribution in [3.8, 4) is 11.5 Å². The zero-order valence-electron chi connectivity index (χ0n) is 16.8. The number of H-pyrrole nitrogens is 1. The van der Waals surface area contributed by atoms with Crippen LogP contribution >= 0.6 is 0 Å². The van der Waals surface area contributed by atoms with E-state index in [9.17, 15) is 4.79 Å². The summed E-state index contributed by atoms with van der Waals surface area (Å²) in [6.07, 6.45) is 1.71. The van der Waals surface area contributed by atoms with Crippen LogP contribution in [0.25, 0.3) is 11.0 Å². The highest BCUT2D eigenvalue weighted by Gasteiger charge is 2.24. The van der Waals surface area contributed by atoms with E-state index < -0.39 is 12.6 Å². The minimum atomic E-state index is -1.03. The molecule has 2 heterocycles. The first kappa shape index (κ1) is 20.0. The Morgan fingerprint density at radius 1 is 1.43 bits per heavy atom. The molecule has 1 fully saturated rings. The van der Waals surface area contributed by atoms with Crippen LogP contribution < -0.4 is 9.47 Å². The number of carboxylic acids is 1. The smallest absolute Gasteiger partial charge is 0.341 e. The Hall–Kier alpha value is -2.77. The molecular weight excluding hydrogens is 360 g/mol. The zero-order chi connectivity index (χ0) is 20.4. The number of amidine groups is 1. The lowest BCUT2D eigenvalue weighted by molar-refractivity contribution is -0.139. The molecule has 0 radical (unpaired) electrons. The molecule has 0 spiro atoms. The number of fused-ring (bicyclic) bond motifs is 1. The number of hydrogen-bond donors (Lipinski definition) is 3. The maximum absolute atomic E-state index is 11.0. The van der Waals surface area contributed by atoms with Gasteiger partial charge in [0.1, 0.15) is 23.2 Å². The highest BCUT2D eigenvalue weighted by Crippen LogP contribution is 2.37. The maximum atomic E-state index is 11.0. The number of imidazole rings is 1. The van der Waals surface area contributed by atoms with Gasteiger partial charge < -0.3 is 24.5 Å². The number of likely N-dealkylation sites (tertiary alicyclic amines) is 1. The molecule has 1 aromatic carbocycles. The number of benzene rings is 1. The van der Waals surface area contributed by atoms with Crippen molar-refractivity contribution in [2.24, 2.45) is 0 Å². The highest BCUT2D eigenvalue weighted by atomic mass is 16.5. The van der Waals surface area contributed by atoms with E-state index in [4.69, 9.17) is 20.0 Å². The Labute approximate surface area is 164 Å². The fourth-order valence-corrected chi connectivity index (χ4v) is 3.41. The van der Waals surface area contributed by atoms with E-state index in [1.54, 1.807) is 6.92 Å². The largest absolute Gasteiger partial charge is 0.490 e. The molecule has 1 aromatic heterocycles. The van der Waals surface area contributed by atoms with Crippen LogP contribution in [0.3, 0.4) is 0 Å². The van der Waals surface area contributed by atoms with Crippen molar-refractivity contribution in [1.82, 2.24) is 14.9 Å². The van der Waals surface area contributed by atoms with Crippen LogP contribution in [0.15, 0.2) is 6.07 Å².